The second kappa shape index (κ2) is 4.11. The van der Waals surface area contributed by atoms with Crippen molar-refractivity contribution in [1.29, 1.82) is 0 Å². The van der Waals surface area contributed by atoms with E-state index in [1.165, 1.54) is 43.4 Å². The van der Waals surface area contributed by atoms with Crippen LogP contribution in [0.1, 0.15) is 55.5 Å². The number of fused-ring (bicyclic) bond motifs is 3. The monoisotopic (exact) mass is 255 g/mol. The van der Waals surface area contributed by atoms with Gasteiger partial charge in [0.1, 0.15) is 6.04 Å². The molecule has 2 heteroatoms. The van der Waals surface area contributed by atoms with Gasteiger partial charge in [-0.3, -0.25) is 0 Å². The second-order valence-corrected chi connectivity index (χ2v) is 6.47. The van der Waals surface area contributed by atoms with Gasteiger partial charge in [0.05, 0.1) is 18.8 Å². The number of aromatic nitrogens is 1. The van der Waals surface area contributed by atoms with E-state index < -0.39 is 0 Å². The van der Waals surface area contributed by atoms with Crippen LogP contribution in [-0.4, -0.2) is 11.1 Å². The molecule has 0 bridgehead atoms. The highest BCUT2D eigenvalue weighted by molar-refractivity contribution is 5.87. The predicted octanol–water partition coefficient (Wildman–Crippen LogP) is 2.72. The van der Waals surface area contributed by atoms with Gasteiger partial charge in [0.2, 0.25) is 0 Å². The number of benzene rings is 1. The fourth-order valence-electron chi connectivity index (χ4n) is 4.02. The molecule has 19 heavy (non-hydrogen) atoms. The number of hydrogen-bond donors (Lipinski definition) is 1. The molecule has 2 aromatic rings. The zero-order valence-electron chi connectivity index (χ0n) is 11.9. The lowest BCUT2D eigenvalue weighted by Crippen LogP contribution is -2.88. The summed E-state index contributed by atoms with van der Waals surface area (Å²) in [7, 11) is 0. The molecule has 4 rings (SSSR count). The SMILES string of the molecule is CC(C)c1ccc2c(c1)c1c3n2CC[NH2+][C@@H]3CCC1. The Morgan fingerprint density at radius 3 is 3.05 bits per heavy atom. The molecule has 1 aliphatic heterocycles. The lowest BCUT2D eigenvalue weighted by molar-refractivity contribution is -0.704. The van der Waals surface area contributed by atoms with E-state index in [1.807, 2.05) is 0 Å². The lowest BCUT2D eigenvalue weighted by atomic mass is 9.90. The Balaban J connectivity index is 2.02. The molecule has 0 saturated heterocycles. The molecule has 1 aromatic heterocycles. The van der Waals surface area contributed by atoms with Crippen LogP contribution in [-0.2, 0) is 13.0 Å². The first-order chi connectivity index (χ1) is 9.25. The standard InChI is InChI=1S/C17H22N2/c1-11(2)12-6-7-16-14(10-12)13-4-3-5-15-17(13)19(16)9-8-18-15/h6-7,10-11,15,18H,3-5,8-9H2,1-2H3/p+1/t15-/m1/s1. The van der Waals surface area contributed by atoms with E-state index in [0.29, 0.717) is 5.92 Å². The van der Waals surface area contributed by atoms with Crippen LogP contribution in [0.5, 0.6) is 0 Å². The van der Waals surface area contributed by atoms with Gasteiger partial charge < -0.3 is 9.88 Å². The van der Waals surface area contributed by atoms with Gasteiger partial charge in [-0.05, 0) is 42.0 Å². The molecule has 0 spiro atoms. The van der Waals surface area contributed by atoms with E-state index in [1.54, 1.807) is 16.6 Å². The Morgan fingerprint density at radius 1 is 1.32 bits per heavy atom. The summed E-state index contributed by atoms with van der Waals surface area (Å²) >= 11 is 0. The van der Waals surface area contributed by atoms with E-state index in [0.717, 1.165) is 6.04 Å². The third-order valence-electron chi connectivity index (χ3n) is 5.00. The maximum atomic E-state index is 2.61. The van der Waals surface area contributed by atoms with Crippen molar-refractivity contribution >= 4 is 10.9 Å². The van der Waals surface area contributed by atoms with E-state index in [9.17, 15) is 0 Å². The summed E-state index contributed by atoms with van der Waals surface area (Å²) in [5.41, 5.74) is 6.27. The van der Waals surface area contributed by atoms with Crippen molar-refractivity contribution in [2.45, 2.75) is 51.6 Å². The Kier molecular flexibility index (Phi) is 2.49. The zero-order chi connectivity index (χ0) is 13.0. The first kappa shape index (κ1) is 11.5. The van der Waals surface area contributed by atoms with Crippen LogP contribution in [0.3, 0.4) is 0 Å². The Hall–Kier alpha value is -1.28. The molecule has 100 valence electrons. The maximum absolute atomic E-state index is 2.61. The van der Waals surface area contributed by atoms with Crippen LogP contribution in [0.15, 0.2) is 18.2 Å². The van der Waals surface area contributed by atoms with Gasteiger partial charge in [-0.1, -0.05) is 19.9 Å². The topological polar surface area (TPSA) is 21.5 Å². The largest absolute Gasteiger partial charge is 0.337 e. The normalized spacial score (nSPS) is 21.9. The maximum Gasteiger partial charge on any atom is 0.127 e. The van der Waals surface area contributed by atoms with Crippen LogP contribution >= 0.6 is 0 Å². The van der Waals surface area contributed by atoms with Gasteiger partial charge in [0.25, 0.3) is 0 Å². The highest BCUT2D eigenvalue weighted by Crippen LogP contribution is 2.37. The van der Waals surface area contributed by atoms with Gasteiger partial charge >= 0.3 is 0 Å². The summed E-state index contributed by atoms with van der Waals surface area (Å²) in [6, 6.07) is 7.89. The molecular formula is C17H23N2+. The van der Waals surface area contributed by atoms with Crippen LogP contribution in [0.2, 0.25) is 0 Å². The highest BCUT2D eigenvalue weighted by Gasteiger charge is 2.32. The molecule has 1 atom stereocenters. The van der Waals surface area contributed by atoms with Crippen molar-refractivity contribution < 1.29 is 5.32 Å². The molecule has 0 amide bonds. The fourth-order valence-corrected chi connectivity index (χ4v) is 4.02. The number of hydrogen-bond acceptors (Lipinski definition) is 0. The van der Waals surface area contributed by atoms with Gasteiger partial charge in [0, 0.05) is 17.3 Å². The molecule has 1 aliphatic carbocycles. The summed E-state index contributed by atoms with van der Waals surface area (Å²) in [4.78, 5) is 0. The lowest BCUT2D eigenvalue weighted by Gasteiger charge is -2.27. The van der Waals surface area contributed by atoms with Crippen molar-refractivity contribution in [1.82, 2.24) is 4.57 Å². The minimum atomic E-state index is 0.625. The zero-order valence-corrected chi connectivity index (χ0v) is 11.9. The minimum absolute atomic E-state index is 0.625. The first-order valence-electron chi connectivity index (χ1n) is 7.74. The average Bonchev–Trinajstić information content (AvgIpc) is 2.76. The Morgan fingerprint density at radius 2 is 2.21 bits per heavy atom. The molecule has 0 unspecified atom stereocenters. The molecule has 2 N–H and O–H groups in total. The first-order valence-corrected chi connectivity index (χ1v) is 7.74. The quantitative estimate of drug-likeness (QED) is 0.809. The number of nitrogens with zero attached hydrogens (tertiary/aromatic N) is 1. The number of quaternary nitrogens is 1. The predicted molar refractivity (Wildman–Crippen MR) is 78.5 cm³/mol. The van der Waals surface area contributed by atoms with Crippen molar-refractivity contribution in [3.63, 3.8) is 0 Å². The summed E-state index contributed by atoms with van der Waals surface area (Å²) in [5, 5.41) is 4.10. The summed E-state index contributed by atoms with van der Waals surface area (Å²) in [5.74, 6) is 0.625. The van der Waals surface area contributed by atoms with Crippen molar-refractivity contribution in [2.24, 2.45) is 0 Å². The van der Waals surface area contributed by atoms with Crippen molar-refractivity contribution in [2.75, 3.05) is 6.54 Å². The van der Waals surface area contributed by atoms with E-state index >= 15 is 0 Å². The highest BCUT2D eigenvalue weighted by atomic mass is 15.1. The van der Waals surface area contributed by atoms with E-state index in [2.05, 4.69) is 41.9 Å². The smallest absolute Gasteiger partial charge is 0.127 e. The van der Waals surface area contributed by atoms with Crippen LogP contribution in [0, 0.1) is 0 Å². The molecule has 0 saturated carbocycles. The van der Waals surface area contributed by atoms with E-state index in [-0.39, 0.29) is 0 Å². The fraction of sp³-hybridized carbons (Fsp3) is 0.529. The second-order valence-electron chi connectivity index (χ2n) is 6.47. The van der Waals surface area contributed by atoms with Gasteiger partial charge in [-0.2, -0.15) is 0 Å². The van der Waals surface area contributed by atoms with Gasteiger partial charge in [0.15, 0.2) is 0 Å². The average molecular weight is 255 g/mol. The molecule has 2 heterocycles. The summed E-state index contributed by atoms with van der Waals surface area (Å²) in [6.45, 7) is 7.01. The van der Waals surface area contributed by atoms with Gasteiger partial charge in [-0.15, -0.1) is 0 Å². The van der Waals surface area contributed by atoms with E-state index in [4.69, 9.17) is 0 Å². The Labute approximate surface area is 114 Å². The molecule has 0 radical (unpaired) electrons. The van der Waals surface area contributed by atoms with Gasteiger partial charge in [-0.25, -0.2) is 0 Å². The van der Waals surface area contributed by atoms with Crippen LogP contribution in [0.25, 0.3) is 10.9 Å². The number of aryl methyl sites for hydroxylation is 1. The summed E-state index contributed by atoms with van der Waals surface area (Å²) in [6.07, 6.45) is 4.00. The molecule has 2 aliphatic rings. The third-order valence-corrected chi connectivity index (χ3v) is 5.00. The summed E-state index contributed by atoms with van der Waals surface area (Å²) < 4.78 is 2.61. The molecule has 1 aromatic carbocycles. The molecule has 0 fully saturated rings. The van der Waals surface area contributed by atoms with Crippen LogP contribution < -0.4 is 5.32 Å². The molecule has 2 nitrogen and oxygen atoms in total. The third kappa shape index (κ3) is 1.59. The van der Waals surface area contributed by atoms with Crippen molar-refractivity contribution in [3.8, 4) is 0 Å². The van der Waals surface area contributed by atoms with Crippen molar-refractivity contribution in [3.05, 3.63) is 35.0 Å². The number of nitrogens with two attached hydrogens (primary N) is 1. The van der Waals surface area contributed by atoms with Crippen LogP contribution in [0.4, 0.5) is 0 Å². The molecular weight excluding hydrogens is 232 g/mol. The minimum Gasteiger partial charge on any atom is -0.337 e. The Bertz CT molecular complexity index is 634. The number of rotatable bonds is 1.